The Bertz CT molecular complexity index is 963. The molecule has 0 bridgehead atoms. The molecule has 0 spiro atoms. The Morgan fingerprint density at radius 2 is 2.12 bits per heavy atom. The fourth-order valence-electron chi connectivity index (χ4n) is 2.37. The molecule has 25 heavy (non-hydrogen) atoms. The number of esters is 1. The maximum atomic E-state index is 13.9. The normalized spacial score (nSPS) is 12.2. The number of carbonyl (C=O) groups is 2. The Kier molecular flexibility index (Phi) is 4.54. The summed E-state index contributed by atoms with van der Waals surface area (Å²) in [6.45, 7) is 4.79. The zero-order valence-electron chi connectivity index (χ0n) is 13.8. The summed E-state index contributed by atoms with van der Waals surface area (Å²) in [5.74, 6) is -0.811. The number of amides is 1. The van der Waals surface area contributed by atoms with Gasteiger partial charge in [0.25, 0.3) is 5.91 Å². The number of nitrogens with zero attached hydrogens (tertiary/aromatic N) is 1. The number of carbonyl (C=O) groups excluding carboxylic acids is 2. The molecule has 3 rings (SSSR count). The van der Waals surface area contributed by atoms with Gasteiger partial charge in [-0.2, -0.15) is 0 Å². The molecule has 0 saturated heterocycles. The van der Waals surface area contributed by atoms with Crippen molar-refractivity contribution < 1.29 is 23.2 Å². The molecule has 2 heterocycles. The monoisotopic (exact) mass is 362 g/mol. The third-order valence-corrected chi connectivity index (χ3v) is 4.86. The van der Waals surface area contributed by atoms with E-state index < -0.39 is 23.8 Å². The van der Waals surface area contributed by atoms with E-state index in [4.69, 9.17) is 9.26 Å². The Labute approximate surface area is 146 Å². The zero-order valence-corrected chi connectivity index (χ0v) is 14.6. The van der Waals surface area contributed by atoms with E-state index in [1.54, 1.807) is 32.0 Å². The van der Waals surface area contributed by atoms with Crippen LogP contribution in [0.15, 0.2) is 28.8 Å². The summed E-state index contributed by atoms with van der Waals surface area (Å²) in [6, 6.07) is 6.20. The summed E-state index contributed by atoms with van der Waals surface area (Å²) in [5, 5.41) is 6.53. The van der Waals surface area contributed by atoms with Crippen molar-refractivity contribution >= 4 is 39.1 Å². The van der Waals surface area contributed by atoms with E-state index in [0.29, 0.717) is 21.4 Å². The van der Waals surface area contributed by atoms with E-state index in [-0.39, 0.29) is 10.7 Å². The first-order chi connectivity index (χ1) is 11.9. The topological polar surface area (TPSA) is 81.4 Å². The van der Waals surface area contributed by atoms with Crippen LogP contribution < -0.4 is 5.32 Å². The van der Waals surface area contributed by atoms with Crippen molar-refractivity contribution in [3.05, 3.63) is 46.3 Å². The van der Waals surface area contributed by atoms with Crippen molar-refractivity contribution in [1.82, 2.24) is 5.16 Å². The van der Waals surface area contributed by atoms with Crippen LogP contribution in [0.2, 0.25) is 0 Å². The molecule has 0 aliphatic carbocycles. The Hall–Kier alpha value is -2.74. The molecule has 0 saturated carbocycles. The average molecular weight is 362 g/mol. The molecule has 130 valence electrons. The molecular formula is C17H15FN2O4S. The van der Waals surface area contributed by atoms with Crippen LogP contribution in [0.4, 0.5) is 10.2 Å². The largest absolute Gasteiger partial charge is 0.448 e. The number of thiophene rings is 1. The highest BCUT2D eigenvalue weighted by atomic mass is 32.1. The lowest BCUT2D eigenvalue weighted by Crippen LogP contribution is -2.30. The number of benzene rings is 1. The lowest BCUT2D eigenvalue weighted by atomic mass is 10.1. The lowest BCUT2D eigenvalue weighted by molar-refractivity contribution is -0.123. The van der Waals surface area contributed by atoms with E-state index >= 15 is 0 Å². The Balaban J connectivity index is 1.74. The molecule has 2 aromatic heterocycles. The first-order valence-corrected chi connectivity index (χ1v) is 8.31. The minimum Gasteiger partial charge on any atom is -0.448 e. The number of anilines is 1. The number of ether oxygens (including phenoxy) is 1. The molecule has 1 aromatic carbocycles. The summed E-state index contributed by atoms with van der Waals surface area (Å²) >= 11 is 1.13. The number of hydrogen-bond acceptors (Lipinski definition) is 6. The summed E-state index contributed by atoms with van der Waals surface area (Å²) in [7, 11) is 0. The molecule has 0 unspecified atom stereocenters. The molecule has 8 heteroatoms. The van der Waals surface area contributed by atoms with Gasteiger partial charge in [0.15, 0.2) is 11.9 Å². The Morgan fingerprint density at radius 3 is 2.76 bits per heavy atom. The van der Waals surface area contributed by atoms with Crippen LogP contribution in [-0.4, -0.2) is 23.1 Å². The van der Waals surface area contributed by atoms with Crippen LogP contribution in [0.25, 0.3) is 10.1 Å². The summed E-state index contributed by atoms with van der Waals surface area (Å²) in [5.41, 5.74) is 0.503. The molecule has 3 aromatic rings. The lowest BCUT2D eigenvalue weighted by Gasteiger charge is -2.11. The second-order valence-electron chi connectivity index (χ2n) is 5.53. The predicted octanol–water partition coefficient (Wildman–Crippen LogP) is 3.83. The highest BCUT2D eigenvalue weighted by molar-refractivity contribution is 7.21. The molecule has 0 aliphatic heterocycles. The van der Waals surface area contributed by atoms with Crippen molar-refractivity contribution in [1.29, 1.82) is 0 Å². The third-order valence-electron chi connectivity index (χ3n) is 3.62. The Morgan fingerprint density at radius 1 is 1.36 bits per heavy atom. The molecule has 0 fully saturated rings. The molecule has 0 radical (unpaired) electrons. The SMILES string of the molecule is Cc1cc(NC(=O)[C@@H](C)OC(=O)c2sc3cccc(F)c3c2C)no1. The maximum absolute atomic E-state index is 13.9. The van der Waals surface area contributed by atoms with E-state index in [2.05, 4.69) is 10.5 Å². The number of rotatable bonds is 4. The fourth-order valence-corrected chi connectivity index (χ4v) is 3.47. The minimum atomic E-state index is -1.04. The van der Waals surface area contributed by atoms with Crippen LogP contribution in [0.5, 0.6) is 0 Å². The van der Waals surface area contributed by atoms with E-state index in [0.717, 1.165) is 11.3 Å². The van der Waals surface area contributed by atoms with Crippen molar-refractivity contribution in [2.24, 2.45) is 0 Å². The van der Waals surface area contributed by atoms with Gasteiger partial charge in [-0.25, -0.2) is 9.18 Å². The van der Waals surface area contributed by atoms with Gasteiger partial charge in [-0.1, -0.05) is 11.2 Å². The van der Waals surface area contributed by atoms with Crippen LogP contribution in [0.1, 0.15) is 27.9 Å². The molecule has 1 amide bonds. The summed E-state index contributed by atoms with van der Waals surface area (Å²) in [6.07, 6.45) is -1.04. The average Bonchev–Trinajstić information content (AvgIpc) is 3.11. The number of aryl methyl sites for hydroxylation is 2. The van der Waals surface area contributed by atoms with Crippen molar-refractivity contribution in [2.75, 3.05) is 5.32 Å². The zero-order chi connectivity index (χ0) is 18.1. The van der Waals surface area contributed by atoms with Gasteiger partial charge >= 0.3 is 5.97 Å². The van der Waals surface area contributed by atoms with Crippen LogP contribution in [-0.2, 0) is 9.53 Å². The second kappa shape index (κ2) is 6.64. The van der Waals surface area contributed by atoms with Gasteiger partial charge in [0.1, 0.15) is 16.5 Å². The molecule has 1 N–H and O–H groups in total. The van der Waals surface area contributed by atoms with Gasteiger partial charge in [-0.15, -0.1) is 11.3 Å². The van der Waals surface area contributed by atoms with Gasteiger partial charge < -0.3 is 14.6 Å². The van der Waals surface area contributed by atoms with Crippen molar-refractivity contribution in [3.8, 4) is 0 Å². The first-order valence-electron chi connectivity index (χ1n) is 7.49. The number of hydrogen-bond donors (Lipinski definition) is 1. The van der Waals surface area contributed by atoms with Gasteiger partial charge in [-0.3, -0.25) is 4.79 Å². The fraction of sp³-hybridized carbons (Fsp3) is 0.235. The minimum absolute atomic E-state index is 0.241. The van der Waals surface area contributed by atoms with Gasteiger partial charge in [0.05, 0.1) is 0 Å². The highest BCUT2D eigenvalue weighted by Gasteiger charge is 2.24. The second-order valence-corrected chi connectivity index (χ2v) is 6.58. The number of halogens is 1. The highest BCUT2D eigenvalue weighted by Crippen LogP contribution is 2.33. The third kappa shape index (κ3) is 3.39. The molecular weight excluding hydrogens is 347 g/mol. The first kappa shape index (κ1) is 17.1. The van der Waals surface area contributed by atoms with Crippen molar-refractivity contribution in [2.45, 2.75) is 26.9 Å². The molecule has 6 nitrogen and oxygen atoms in total. The van der Waals surface area contributed by atoms with Crippen molar-refractivity contribution in [3.63, 3.8) is 0 Å². The van der Waals surface area contributed by atoms with Crippen LogP contribution in [0, 0.1) is 19.7 Å². The smallest absolute Gasteiger partial charge is 0.349 e. The summed E-state index contributed by atoms with van der Waals surface area (Å²) in [4.78, 5) is 24.7. The van der Waals surface area contributed by atoms with Gasteiger partial charge in [0, 0.05) is 16.2 Å². The predicted molar refractivity (Wildman–Crippen MR) is 91.3 cm³/mol. The quantitative estimate of drug-likeness (QED) is 0.714. The van der Waals surface area contributed by atoms with Crippen LogP contribution in [0.3, 0.4) is 0 Å². The molecule has 0 aliphatic rings. The standard InChI is InChI=1S/C17H15FN2O4S/c1-8-7-13(20-24-8)19-16(21)10(3)23-17(22)15-9(2)14-11(18)5-4-6-12(14)25-15/h4-7,10H,1-3H3,(H,19,20,21)/t10-/m1/s1. The van der Waals surface area contributed by atoms with E-state index in [1.807, 2.05) is 0 Å². The van der Waals surface area contributed by atoms with Crippen LogP contribution >= 0.6 is 11.3 Å². The summed E-state index contributed by atoms with van der Waals surface area (Å²) < 4.78 is 24.6. The maximum Gasteiger partial charge on any atom is 0.349 e. The van der Waals surface area contributed by atoms with E-state index in [1.165, 1.54) is 13.0 Å². The molecule has 1 atom stereocenters. The van der Waals surface area contributed by atoms with Gasteiger partial charge in [0.2, 0.25) is 0 Å². The van der Waals surface area contributed by atoms with E-state index in [9.17, 15) is 14.0 Å². The number of fused-ring (bicyclic) bond motifs is 1. The number of aromatic nitrogens is 1. The van der Waals surface area contributed by atoms with Gasteiger partial charge in [-0.05, 0) is 38.5 Å². The number of nitrogens with one attached hydrogen (secondary N) is 1.